The van der Waals surface area contributed by atoms with E-state index in [-0.39, 0.29) is 5.38 Å². The van der Waals surface area contributed by atoms with Crippen LogP contribution in [0.1, 0.15) is 19.5 Å². The van der Waals surface area contributed by atoms with Gasteiger partial charge in [0, 0.05) is 29.9 Å². The molecule has 1 atom stereocenters. The van der Waals surface area contributed by atoms with Crippen LogP contribution < -0.4 is 0 Å². The summed E-state index contributed by atoms with van der Waals surface area (Å²) in [6, 6.07) is 3.91. The summed E-state index contributed by atoms with van der Waals surface area (Å²) in [5, 5.41) is 0.113. The van der Waals surface area contributed by atoms with Gasteiger partial charge in [-0.05, 0) is 18.1 Å². The van der Waals surface area contributed by atoms with Crippen molar-refractivity contribution in [2.75, 3.05) is 0 Å². The average Bonchev–Trinajstić information content (AvgIpc) is 2.28. The van der Waals surface area contributed by atoms with E-state index in [1.54, 1.807) is 12.4 Å². The van der Waals surface area contributed by atoms with Crippen molar-refractivity contribution in [3.05, 3.63) is 30.2 Å². The number of alkyl halides is 1. The SMILES string of the molecule is CC(C)C(Cl)Cc1ccc2nccnc2n1. The molecular weight excluding hydrogens is 222 g/mol. The van der Waals surface area contributed by atoms with Crippen molar-refractivity contribution < 1.29 is 0 Å². The maximum Gasteiger partial charge on any atom is 0.178 e. The van der Waals surface area contributed by atoms with Gasteiger partial charge in [0.2, 0.25) is 0 Å². The van der Waals surface area contributed by atoms with Crippen LogP contribution in [0.15, 0.2) is 24.5 Å². The van der Waals surface area contributed by atoms with Crippen molar-refractivity contribution >= 4 is 22.8 Å². The molecule has 2 rings (SSSR count). The van der Waals surface area contributed by atoms with Gasteiger partial charge in [-0.1, -0.05) is 13.8 Å². The lowest BCUT2D eigenvalue weighted by Gasteiger charge is -2.12. The molecule has 0 aliphatic carbocycles. The zero-order chi connectivity index (χ0) is 11.5. The fourth-order valence-electron chi connectivity index (χ4n) is 1.44. The second kappa shape index (κ2) is 4.74. The molecule has 0 saturated heterocycles. The minimum absolute atomic E-state index is 0.113. The van der Waals surface area contributed by atoms with E-state index >= 15 is 0 Å². The van der Waals surface area contributed by atoms with Crippen molar-refractivity contribution in [1.29, 1.82) is 0 Å². The molecule has 0 amide bonds. The summed E-state index contributed by atoms with van der Waals surface area (Å²) >= 11 is 6.23. The van der Waals surface area contributed by atoms with Crippen LogP contribution in [-0.2, 0) is 6.42 Å². The fraction of sp³-hybridized carbons (Fsp3) is 0.417. The maximum atomic E-state index is 6.23. The Kier molecular flexibility index (Phi) is 3.34. The largest absolute Gasteiger partial charge is 0.251 e. The minimum atomic E-state index is 0.113. The van der Waals surface area contributed by atoms with Crippen LogP contribution >= 0.6 is 11.6 Å². The molecule has 1 unspecified atom stereocenters. The summed E-state index contributed by atoms with van der Waals surface area (Å²) in [7, 11) is 0. The molecule has 0 N–H and O–H groups in total. The van der Waals surface area contributed by atoms with Gasteiger partial charge in [-0.3, -0.25) is 4.98 Å². The van der Waals surface area contributed by atoms with Gasteiger partial charge in [-0.15, -0.1) is 11.6 Å². The molecule has 2 heterocycles. The summed E-state index contributed by atoms with van der Waals surface area (Å²) in [6.07, 6.45) is 4.09. The van der Waals surface area contributed by atoms with Crippen LogP contribution in [-0.4, -0.2) is 20.3 Å². The van der Waals surface area contributed by atoms with Crippen molar-refractivity contribution in [3.8, 4) is 0 Å². The predicted molar refractivity (Wildman–Crippen MR) is 65.5 cm³/mol. The van der Waals surface area contributed by atoms with Gasteiger partial charge in [0.25, 0.3) is 0 Å². The summed E-state index contributed by atoms with van der Waals surface area (Å²) in [5.74, 6) is 0.445. The number of aromatic nitrogens is 3. The van der Waals surface area contributed by atoms with Crippen LogP contribution in [0.2, 0.25) is 0 Å². The molecule has 84 valence electrons. The number of halogens is 1. The first-order chi connectivity index (χ1) is 7.66. The van der Waals surface area contributed by atoms with Crippen LogP contribution in [0.5, 0.6) is 0 Å². The topological polar surface area (TPSA) is 38.7 Å². The lowest BCUT2D eigenvalue weighted by Crippen LogP contribution is -2.12. The van der Waals surface area contributed by atoms with E-state index in [0.717, 1.165) is 17.6 Å². The van der Waals surface area contributed by atoms with Gasteiger partial charge in [0.15, 0.2) is 5.65 Å². The van der Waals surface area contributed by atoms with E-state index < -0.39 is 0 Å². The second-order valence-electron chi connectivity index (χ2n) is 4.17. The molecule has 2 aromatic rings. The molecule has 0 aromatic carbocycles. The van der Waals surface area contributed by atoms with E-state index in [2.05, 4.69) is 28.8 Å². The summed E-state index contributed by atoms with van der Waals surface area (Å²) < 4.78 is 0. The molecule has 0 aliphatic rings. The van der Waals surface area contributed by atoms with Crippen molar-refractivity contribution in [3.63, 3.8) is 0 Å². The Morgan fingerprint density at radius 1 is 1.19 bits per heavy atom. The third-order valence-electron chi connectivity index (χ3n) is 2.52. The van der Waals surface area contributed by atoms with E-state index in [1.165, 1.54) is 0 Å². The molecule has 0 spiro atoms. The number of nitrogens with zero attached hydrogens (tertiary/aromatic N) is 3. The quantitative estimate of drug-likeness (QED) is 0.768. The monoisotopic (exact) mass is 235 g/mol. The van der Waals surface area contributed by atoms with Gasteiger partial charge in [0.1, 0.15) is 5.52 Å². The lowest BCUT2D eigenvalue weighted by molar-refractivity contribution is 0.591. The molecule has 0 aliphatic heterocycles. The highest BCUT2D eigenvalue weighted by Crippen LogP contribution is 2.16. The maximum absolute atomic E-state index is 6.23. The Bertz CT molecular complexity index is 484. The van der Waals surface area contributed by atoms with Crippen LogP contribution in [0.3, 0.4) is 0 Å². The first-order valence-electron chi connectivity index (χ1n) is 5.37. The Morgan fingerprint density at radius 3 is 2.69 bits per heavy atom. The predicted octanol–water partition coefficient (Wildman–Crippen LogP) is 2.83. The standard InChI is InChI=1S/C12H14ClN3/c1-8(2)10(13)7-9-3-4-11-12(16-9)15-6-5-14-11/h3-6,8,10H,7H2,1-2H3. The second-order valence-corrected chi connectivity index (χ2v) is 4.73. The molecule has 0 bridgehead atoms. The van der Waals surface area contributed by atoms with E-state index in [1.807, 2.05) is 12.1 Å². The summed E-state index contributed by atoms with van der Waals surface area (Å²) in [4.78, 5) is 12.8. The average molecular weight is 236 g/mol. The Hall–Kier alpha value is -1.22. The van der Waals surface area contributed by atoms with Gasteiger partial charge in [-0.25, -0.2) is 9.97 Å². The normalized spacial score (nSPS) is 13.2. The smallest absolute Gasteiger partial charge is 0.178 e. The zero-order valence-electron chi connectivity index (χ0n) is 9.39. The van der Waals surface area contributed by atoms with Gasteiger partial charge in [-0.2, -0.15) is 0 Å². The van der Waals surface area contributed by atoms with Gasteiger partial charge < -0.3 is 0 Å². The summed E-state index contributed by atoms with van der Waals surface area (Å²) in [6.45, 7) is 4.22. The molecule has 16 heavy (non-hydrogen) atoms. The number of hydrogen-bond acceptors (Lipinski definition) is 3. The van der Waals surface area contributed by atoms with Crippen LogP contribution in [0, 0.1) is 5.92 Å². The Labute approximate surface area is 99.9 Å². The molecule has 4 heteroatoms. The number of hydrogen-bond donors (Lipinski definition) is 0. The zero-order valence-corrected chi connectivity index (χ0v) is 10.1. The Morgan fingerprint density at radius 2 is 1.94 bits per heavy atom. The van der Waals surface area contributed by atoms with E-state index in [9.17, 15) is 0 Å². The van der Waals surface area contributed by atoms with E-state index in [0.29, 0.717) is 11.6 Å². The van der Waals surface area contributed by atoms with Crippen molar-refractivity contribution in [2.24, 2.45) is 5.92 Å². The van der Waals surface area contributed by atoms with E-state index in [4.69, 9.17) is 11.6 Å². The third-order valence-corrected chi connectivity index (χ3v) is 3.18. The fourth-order valence-corrected chi connectivity index (χ4v) is 1.60. The molecule has 2 aromatic heterocycles. The Balaban J connectivity index is 2.26. The first kappa shape index (κ1) is 11.3. The van der Waals surface area contributed by atoms with Crippen LogP contribution in [0.25, 0.3) is 11.2 Å². The minimum Gasteiger partial charge on any atom is -0.251 e. The first-order valence-corrected chi connectivity index (χ1v) is 5.81. The molecule has 0 saturated carbocycles. The molecule has 3 nitrogen and oxygen atoms in total. The van der Waals surface area contributed by atoms with Crippen molar-refractivity contribution in [2.45, 2.75) is 25.6 Å². The number of rotatable bonds is 3. The highest BCUT2D eigenvalue weighted by Gasteiger charge is 2.11. The van der Waals surface area contributed by atoms with Gasteiger partial charge >= 0.3 is 0 Å². The molecule has 0 radical (unpaired) electrons. The van der Waals surface area contributed by atoms with Gasteiger partial charge in [0.05, 0.1) is 0 Å². The summed E-state index contributed by atoms with van der Waals surface area (Å²) in [5.41, 5.74) is 2.48. The molecular formula is C12H14ClN3. The highest BCUT2D eigenvalue weighted by molar-refractivity contribution is 6.20. The highest BCUT2D eigenvalue weighted by atomic mass is 35.5. The number of pyridine rings is 1. The number of fused-ring (bicyclic) bond motifs is 1. The lowest BCUT2D eigenvalue weighted by atomic mass is 10.1. The molecule has 0 fully saturated rings. The third kappa shape index (κ3) is 2.47. The van der Waals surface area contributed by atoms with Crippen molar-refractivity contribution in [1.82, 2.24) is 15.0 Å². The van der Waals surface area contributed by atoms with Crippen LogP contribution in [0.4, 0.5) is 0 Å².